The van der Waals surface area contributed by atoms with E-state index in [1.54, 1.807) is 62.9 Å². The molecule has 2 heterocycles. The quantitative estimate of drug-likeness (QED) is 0.151. The molecule has 1 aromatic heterocycles. The van der Waals surface area contributed by atoms with Crippen molar-refractivity contribution in [1.29, 1.82) is 0 Å². The molecule has 10 nitrogen and oxygen atoms in total. The number of piperidine rings is 1. The predicted octanol–water partition coefficient (Wildman–Crippen LogP) is 8.22. The maximum absolute atomic E-state index is 15.9. The van der Waals surface area contributed by atoms with Crippen LogP contribution in [0.4, 0.5) is 18.7 Å². The summed E-state index contributed by atoms with van der Waals surface area (Å²) in [6, 6.07) is 13.5. The number of nitrogens with zero attached hydrogens (tertiary/aromatic N) is 3. The van der Waals surface area contributed by atoms with Crippen LogP contribution in [0.5, 0.6) is 17.2 Å². The molecule has 0 saturated carbocycles. The van der Waals surface area contributed by atoms with E-state index in [2.05, 4.69) is 4.98 Å². The van der Waals surface area contributed by atoms with Crippen LogP contribution in [-0.2, 0) is 21.3 Å². The summed E-state index contributed by atoms with van der Waals surface area (Å²) in [5.74, 6) is -2.37. The van der Waals surface area contributed by atoms with Crippen LogP contribution >= 0.6 is 22.9 Å². The van der Waals surface area contributed by atoms with Gasteiger partial charge in [0.05, 0.1) is 27.4 Å². The van der Waals surface area contributed by atoms with E-state index < -0.39 is 44.0 Å². The number of rotatable bonds is 11. The highest BCUT2D eigenvalue weighted by molar-refractivity contribution is 7.93. The Morgan fingerprint density at radius 3 is 2.39 bits per heavy atom. The van der Waals surface area contributed by atoms with Gasteiger partial charge in [0, 0.05) is 58.9 Å². The standard InChI is InChI=1S/C36H40ClF2N3O7S2/c1-22-18-40-34(50-22)42(20-24-9-12-27(46-5)15-31(24)47-6)51(44,45)33-17-29(38)32(16-30(33)39)48-21-25-19-41(35(43)49-36(2,3)4)14-13-28(25)23-7-10-26(37)11-8-23/h7-12,15-18,25,28H,13-14,19-21H2,1-6H3. The third-order valence-corrected chi connectivity index (χ3v) is 11.4. The molecule has 0 aliphatic carbocycles. The van der Waals surface area contributed by atoms with Crippen LogP contribution in [0.3, 0.4) is 0 Å². The zero-order chi connectivity index (χ0) is 37.1. The minimum atomic E-state index is -4.71. The van der Waals surface area contributed by atoms with Crippen molar-refractivity contribution in [2.24, 2.45) is 5.92 Å². The largest absolute Gasteiger partial charge is 0.497 e. The fraction of sp³-hybridized carbons (Fsp3) is 0.389. The number of thiazole rings is 1. The Hall–Kier alpha value is -4.14. The molecule has 1 aliphatic heterocycles. The summed E-state index contributed by atoms with van der Waals surface area (Å²) in [5, 5.41) is 0.627. The Labute approximate surface area is 305 Å². The summed E-state index contributed by atoms with van der Waals surface area (Å²) in [6.45, 7) is 7.35. The van der Waals surface area contributed by atoms with Gasteiger partial charge in [0.15, 0.2) is 16.7 Å². The first-order valence-electron chi connectivity index (χ1n) is 16.1. The molecule has 3 aromatic carbocycles. The SMILES string of the molecule is COc1ccc(CN(c2ncc(C)s2)S(=O)(=O)c2cc(F)c(OCC3CN(C(=O)OC(C)(C)C)CCC3c3ccc(Cl)cc3)cc2F)c(OC)c1. The maximum Gasteiger partial charge on any atom is 0.410 e. The maximum atomic E-state index is 15.9. The lowest BCUT2D eigenvalue weighted by Gasteiger charge is -2.39. The van der Waals surface area contributed by atoms with Gasteiger partial charge in [-0.25, -0.2) is 31.3 Å². The highest BCUT2D eigenvalue weighted by Gasteiger charge is 2.36. The van der Waals surface area contributed by atoms with Crippen molar-refractivity contribution < 1.29 is 40.9 Å². The molecule has 1 saturated heterocycles. The van der Waals surface area contributed by atoms with Gasteiger partial charge in [0.1, 0.15) is 27.8 Å². The zero-order valence-electron chi connectivity index (χ0n) is 29.1. The Balaban J connectivity index is 1.42. The first-order valence-corrected chi connectivity index (χ1v) is 18.7. The number of hydrogen-bond acceptors (Lipinski definition) is 9. The second-order valence-electron chi connectivity index (χ2n) is 13.1. The number of sulfonamides is 1. The first kappa shape index (κ1) is 38.1. The normalized spacial score (nSPS) is 16.5. The van der Waals surface area contributed by atoms with Gasteiger partial charge in [0.2, 0.25) is 0 Å². The van der Waals surface area contributed by atoms with Gasteiger partial charge in [-0.05, 0) is 69.9 Å². The van der Waals surface area contributed by atoms with Crippen LogP contribution in [0.15, 0.2) is 65.7 Å². The number of carbonyl (C=O) groups excluding carboxylic acids is 1. The number of carbonyl (C=O) groups is 1. The van der Waals surface area contributed by atoms with E-state index in [1.807, 2.05) is 12.1 Å². The number of ether oxygens (including phenoxy) is 4. The third-order valence-electron chi connectivity index (χ3n) is 8.32. The van der Waals surface area contributed by atoms with Crippen molar-refractivity contribution in [3.8, 4) is 17.2 Å². The smallest absolute Gasteiger partial charge is 0.410 e. The fourth-order valence-electron chi connectivity index (χ4n) is 5.83. The number of aryl methyl sites for hydroxylation is 1. The molecule has 1 fully saturated rings. The lowest BCUT2D eigenvalue weighted by Crippen LogP contribution is -2.46. The Morgan fingerprint density at radius 1 is 1.04 bits per heavy atom. The van der Waals surface area contributed by atoms with Crippen LogP contribution in [0.25, 0.3) is 0 Å². The van der Waals surface area contributed by atoms with E-state index in [0.29, 0.717) is 46.0 Å². The van der Waals surface area contributed by atoms with Crippen LogP contribution in [0.1, 0.15) is 49.1 Å². The molecule has 0 spiro atoms. The van der Waals surface area contributed by atoms with E-state index in [0.717, 1.165) is 27.3 Å². The van der Waals surface area contributed by atoms with Crippen LogP contribution in [0, 0.1) is 24.5 Å². The van der Waals surface area contributed by atoms with Gasteiger partial charge in [-0.1, -0.05) is 23.7 Å². The molecule has 0 radical (unpaired) electrons. The van der Waals surface area contributed by atoms with Gasteiger partial charge in [0.25, 0.3) is 10.0 Å². The molecule has 5 rings (SSSR count). The van der Waals surface area contributed by atoms with Crippen molar-refractivity contribution in [3.63, 3.8) is 0 Å². The van der Waals surface area contributed by atoms with Crippen LogP contribution in [0.2, 0.25) is 5.02 Å². The van der Waals surface area contributed by atoms with Crippen molar-refractivity contribution in [2.75, 3.05) is 38.2 Å². The van der Waals surface area contributed by atoms with Gasteiger partial charge in [-0.15, -0.1) is 11.3 Å². The number of hydrogen-bond donors (Lipinski definition) is 0. The molecular weight excluding hydrogens is 724 g/mol. The van der Waals surface area contributed by atoms with E-state index in [1.165, 1.54) is 20.4 Å². The Morgan fingerprint density at radius 2 is 1.76 bits per heavy atom. The van der Waals surface area contributed by atoms with Gasteiger partial charge < -0.3 is 23.8 Å². The summed E-state index contributed by atoms with van der Waals surface area (Å²) >= 11 is 7.21. The summed E-state index contributed by atoms with van der Waals surface area (Å²) in [7, 11) is -1.79. The topological polar surface area (TPSA) is 108 Å². The minimum absolute atomic E-state index is 0.0607. The molecule has 0 N–H and O–H groups in total. The Bertz CT molecular complexity index is 1970. The van der Waals surface area contributed by atoms with Gasteiger partial charge in [-0.3, -0.25) is 0 Å². The van der Waals surface area contributed by atoms with Gasteiger partial charge >= 0.3 is 6.09 Å². The summed E-state index contributed by atoms with van der Waals surface area (Å²) < 4.78 is 82.9. The number of likely N-dealkylation sites (tertiary alicyclic amines) is 1. The molecule has 1 aliphatic rings. The second-order valence-corrected chi connectivity index (χ2v) is 16.6. The van der Waals surface area contributed by atoms with Crippen LogP contribution < -0.4 is 18.5 Å². The van der Waals surface area contributed by atoms with E-state index in [4.69, 9.17) is 30.5 Å². The van der Waals surface area contributed by atoms with Gasteiger partial charge in [-0.2, -0.15) is 0 Å². The lowest BCUT2D eigenvalue weighted by molar-refractivity contribution is 0.0110. The van der Waals surface area contributed by atoms with E-state index >= 15 is 8.78 Å². The number of amides is 1. The monoisotopic (exact) mass is 763 g/mol. The highest BCUT2D eigenvalue weighted by atomic mass is 35.5. The van der Waals surface area contributed by atoms with Crippen molar-refractivity contribution in [3.05, 3.63) is 93.5 Å². The van der Waals surface area contributed by atoms with E-state index in [-0.39, 0.29) is 36.7 Å². The molecule has 15 heteroatoms. The van der Waals surface area contributed by atoms with E-state index in [9.17, 15) is 13.2 Å². The highest BCUT2D eigenvalue weighted by Crippen LogP contribution is 2.37. The lowest BCUT2D eigenvalue weighted by atomic mass is 9.81. The average molecular weight is 764 g/mol. The molecule has 2 unspecified atom stereocenters. The molecule has 0 bridgehead atoms. The molecule has 51 heavy (non-hydrogen) atoms. The molecule has 4 aromatic rings. The second kappa shape index (κ2) is 15.6. The molecule has 2 atom stereocenters. The van der Waals surface area contributed by atoms with Crippen molar-refractivity contribution in [2.45, 2.75) is 57.1 Å². The van der Waals surface area contributed by atoms with Crippen molar-refractivity contribution >= 4 is 44.2 Å². The van der Waals surface area contributed by atoms with Crippen LogP contribution in [-0.4, -0.2) is 63.9 Å². The number of benzene rings is 3. The minimum Gasteiger partial charge on any atom is -0.497 e. The van der Waals surface area contributed by atoms with Crippen molar-refractivity contribution in [1.82, 2.24) is 9.88 Å². The Kier molecular flexibility index (Phi) is 11.7. The summed E-state index contributed by atoms with van der Waals surface area (Å²) in [6.07, 6.45) is 1.57. The number of anilines is 1. The number of methoxy groups -OCH3 is 2. The molecular formula is C36H40ClF2N3O7S2. The zero-order valence-corrected chi connectivity index (χ0v) is 31.5. The fourth-order valence-corrected chi connectivity index (χ4v) is 8.38. The average Bonchev–Trinajstić information content (AvgIpc) is 3.52. The summed E-state index contributed by atoms with van der Waals surface area (Å²) in [5.41, 5.74) is 0.697. The number of halogens is 3. The summed E-state index contributed by atoms with van der Waals surface area (Å²) in [4.78, 5) is 18.6. The molecule has 274 valence electrons. The predicted molar refractivity (Wildman–Crippen MR) is 192 cm³/mol. The third kappa shape index (κ3) is 9.03. The first-order chi connectivity index (χ1) is 24.1. The number of aromatic nitrogens is 1. The molecule has 1 amide bonds.